The van der Waals surface area contributed by atoms with Crippen molar-refractivity contribution in [3.8, 4) is 0 Å². The summed E-state index contributed by atoms with van der Waals surface area (Å²) >= 11 is 0.457. The van der Waals surface area contributed by atoms with Crippen LogP contribution in [0.5, 0.6) is 0 Å². The first-order chi connectivity index (χ1) is 7.45. The molecule has 0 atom stereocenters. The van der Waals surface area contributed by atoms with Crippen LogP contribution in [0.1, 0.15) is 0 Å². The molecule has 0 aromatic rings. The Bertz CT molecular complexity index is 257. The van der Waals surface area contributed by atoms with E-state index in [1.165, 1.54) is 0 Å². The predicted octanol–water partition coefficient (Wildman–Crippen LogP) is -0.261. The van der Waals surface area contributed by atoms with Crippen molar-refractivity contribution in [2.24, 2.45) is 0 Å². The first kappa shape index (κ1) is 16.0. The van der Waals surface area contributed by atoms with Gasteiger partial charge in [-0.1, -0.05) is 5.04 Å². The van der Waals surface area contributed by atoms with E-state index in [0.717, 1.165) is 0 Å². The Morgan fingerprint density at radius 2 is 1.94 bits per heavy atom. The Morgan fingerprint density at radius 3 is 2.50 bits per heavy atom. The van der Waals surface area contributed by atoms with E-state index in [1.54, 1.807) is 11.9 Å². The summed E-state index contributed by atoms with van der Waals surface area (Å²) in [4.78, 5) is 1.70. The maximum Gasteiger partial charge on any atom is 0.397 e. The van der Waals surface area contributed by atoms with Crippen molar-refractivity contribution in [3.63, 3.8) is 0 Å². The third kappa shape index (κ3) is 12.1. The summed E-state index contributed by atoms with van der Waals surface area (Å²) in [6.45, 7) is 0.872. The Labute approximate surface area is 97.4 Å². The Hall–Kier alpha value is 0.0200. The molecule has 0 spiro atoms. The molecule has 0 amide bonds. The lowest BCUT2D eigenvalue weighted by molar-refractivity contribution is -0.434. The van der Waals surface area contributed by atoms with Crippen LogP contribution in [0.4, 0.5) is 0 Å². The molecule has 16 heavy (non-hydrogen) atoms. The molecule has 2 N–H and O–H groups in total. The summed E-state index contributed by atoms with van der Waals surface area (Å²) in [5.74, 6) is 0. The summed E-state index contributed by atoms with van der Waals surface area (Å²) < 4.78 is 41.4. The Kier molecular flexibility index (Phi) is 9.10. The molecule has 0 bridgehead atoms. The van der Waals surface area contributed by atoms with Crippen molar-refractivity contribution in [2.75, 3.05) is 33.4 Å². The van der Waals surface area contributed by atoms with Gasteiger partial charge in [-0.2, -0.15) is 8.42 Å². The van der Waals surface area contributed by atoms with Gasteiger partial charge < -0.3 is 4.90 Å². The summed E-state index contributed by atoms with van der Waals surface area (Å²) in [7, 11) is -2.68. The fourth-order valence-electron chi connectivity index (χ4n) is 0.669. The van der Waals surface area contributed by atoms with Gasteiger partial charge in [0.15, 0.2) is 12.3 Å². The molecule has 9 nitrogen and oxygen atoms in total. The molecular formula is C5H13NO8S2. The van der Waals surface area contributed by atoms with Gasteiger partial charge >= 0.3 is 10.4 Å². The number of rotatable bonds is 10. The molecule has 0 aliphatic carbocycles. The second-order valence-electron chi connectivity index (χ2n) is 2.59. The van der Waals surface area contributed by atoms with E-state index in [1.807, 2.05) is 0 Å². The topological polar surface area (TPSA) is 115 Å². The van der Waals surface area contributed by atoms with Gasteiger partial charge in [0, 0.05) is 13.1 Å². The first-order valence-corrected chi connectivity index (χ1v) is 6.05. The third-order valence-corrected chi connectivity index (χ3v) is 2.21. The third-order valence-electron chi connectivity index (χ3n) is 1.37. The maximum absolute atomic E-state index is 10.2. The highest BCUT2D eigenvalue weighted by Gasteiger charge is 2.05. The van der Waals surface area contributed by atoms with Crippen LogP contribution in [-0.4, -0.2) is 56.5 Å². The van der Waals surface area contributed by atoms with E-state index in [4.69, 9.17) is 14.0 Å². The molecule has 0 heterocycles. The largest absolute Gasteiger partial charge is 0.397 e. The van der Waals surface area contributed by atoms with Crippen LogP contribution in [-0.2, 0) is 28.1 Å². The van der Waals surface area contributed by atoms with E-state index in [9.17, 15) is 8.42 Å². The van der Waals surface area contributed by atoms with Gasteiger partial charge in [-0.15, -0.1) is 4.33 Å². The van der Waals surface area contributed by atoms with Crippen LogP contribution in [0.3, 0.4) is 0 Å². The van der Waals surface area contributed by atoms with Crippen LogP contribution in [0.2, 0.25) is 0 Å². The summed E-state index contributed by atoms with van der Waals surface area (Å²) in [5.41, 5.74) is 0. The van der Waals surface area contributed by atoms with Crippen molar-refractivity contribution in [1.82, 2.24) is 4.90 Å². The Balaban J connectivity index is 3.34. The number of nitrogens with zero attached hydrogens (tertiary/aromatic N) is 1. The first-order valence-electron chi connectivity index (χ1n) is 4.02. The Morgan fingerprint density at radius 1 is 1.31 bits per heavy atom. The molecule has 98 valence electrons. The van der Waals surface area contributed by atoms with Crippen LogP contribution in [0.15, 0.2) is 0 Å². The van der Waals surface area contributed by atoms with Crippen molar-refractivity contribution in [2.45, 2.75) is 0 Å². The second-order valence-corrected chi connectivity index (χ2v) is 4.18. The van der Waals surface area contributed by atoms with Crippen molar-refractivity contribution < 1.29 is 36.0 Å². The minimum atomic E-state index is -4.38. The monoisotopic (exact) mass is 279 g/mol. The molecule has 0 aromatic carbocycles. The van der Waals surface area contributed by atoms with Gasteiger partial charge in [0.1, 0.15) is 0 Å². The van der Waals surface area contributed by atoms with Gasteiger partial charge in [0.2, 0.25) is 0 Å². The zero-order valence-electron chi connectivity index (χ0n) is 8.44. The number of hydrogen-bond acceptors (Lipinski definition) is 9. The van der Waals surface area contributed by atoms with Crippen molar-refractivity contribution in [1.29, 1.82) is 0 Å². The van der Waals surface area contributed by atoms with E-state index >= 15 is 0 Å². The fraction of sp³-hybridized carbons (Fsp3) is 1.00. The lowest BCUT2D eigenvalue weighted by atomic mass is 10.5. The maximum atomic E-state index is 10.2. The van der Waals surface area contributed by atoms with Crippen LogP contribution in [0.25, 0.3) is 0 Å². The van der Waals surface area contributed by atoms with Crippen molar-refractivity contribution in [3.05, 3.63) is 0 Å². The predicted molar refractivity (Wildman–Crippen MR) is 53.3 cm³/mol. The molecule has 0 saturated heterocycles. The van der Waals surface area contributed by atoms with Gasteiger partial charge in [-0.3, -0.25) is 8.74 Å². The van der Waals surface area contributed by atoms with Crippen LogP contribution >= 0.6 is 12.3 Å². The SMILES string of the molecule is CN(CCOSOOO)CCOS(=O)(=O)O. The average molecular weight is 279 g/mol. The van der Waals surface area contributed by atoms with Gasteiger partial charge in [-0.25, -0.2) is 9.44 Å². The molecule has 11 heteroatoms. The highest BCUT2D eigenvalue weighted by Crippen LogP contribution is 2.03. The van der Waals surface area contributed by atoms with E-state index < -0.39 is 10.4 Å². The number of likely N-dealkylation sites (N-methyl/N-ethyl adjacent to an activating group) is 1. The molecule has 0 radical (unpaired) electrons. The molecule has 0 aliphatic heterocycles. The van der Waals surface area contributed by atoms with E-state index in [0.29, 0.717) is 25.4 Å². The molecule has 0 fully saturated rings. The zero-order chi connectivity index (χ0) is 12.4. The highest BCUT2D eigenvalue weighted by atomic mass is 32.3. The standard InChI is InChI=1S/C5H13NO8S2/c1-6(2-4-11-15-14-13-7)3-5-12-16(8,9)10/h7H,2-5H2,1H3,(H,8,9,10). The molecule has 0 unspecified atom stereocenters. The van der Waals surface area contributed by atoms with Crippen LogP contribution < -0.4 is 0 Å². The minimum absolute atomic E-state index is 0.154. The number of hydrogen-bond donors (Lipinski definition) is 2. The molecule has 0 rings (SSSR count). The summed E-state index contributed by atoms with van der Waals surface area (Å²) in [6, 6.07) is 0. The fourth-order valence-corrected chi connectivity index (χ4v) is 1.16. The summed E-state index contributed by atoms with van der Waals surface area (Å²) in [5, 5.41) is 11.0. The summed E-state index contributed by atoms with van der Waals surface area (Å²) in [6.07, 6.45) is 0. The lowest BCUT2D eigenvalue weighted by Crippen LogP contribution is -2.27. The van der Waals surface area contributed by atoms with E-state index in [-0.39, 0.29) is 13.2 Å². The normalized spacial score (nSPS) is 12.2. The average Bonchev–Trinajstić information content (AvgIpc) is 2.15. The van der Waals surface area contributed by atoms with E-state index in [2.05, 4.69) is 13.6 Å². The molecular weight excluding hydrogens is 266 g/mol. The second kappa shape index (κ2) is 9.09. The van der Waals surface area contributed by atoms with Crippen molar-refractivity contribution >= 4 is 22.7 Å². The van der Waals surface area contributed by atoms with Crippen LogP contribution in [0, 0.1) is 0 Å². The molecule has 0 aliphatic rings. The lowest BCUT2D eigenvalue weighted by Gasteiger charge is -2.14. The zero-order valence-corrected chi connectivity index (χ0v) is 10.1. The van der Waals surface area contributed by atoms with Gasteiger partial charge in [0.05, 0.1) is 13.2 Å². The molecule has 0 saturated carbocycles. The molecule has 0 aromatic heterocycles. The highest BCUT2D eigenvalue weighted by molar-refractivity contribution is 7.89. The quantitative estimate of drug-likeness (QED) is 0.182. The smallest absolute Gasteiger partial charge is 0.302 e. The minimum Gasteiger partial charge on any atom is -0.302 e. The van der Waals surface area contributed by atoms with Gasteiger partial charge in [0.25, 0.3) is 0 Å². The van der Waals surface area contributed by atoms with Gasteiger partial charge in [-0.05, 0) is 7.05 Å².